The smallest absolute Gasteiger partial charge is 0.309 e. The molecule has 0 spiro atoms. The van der Waals surface area contributed by atoms with E-state index in [1.807, 2.05) is 6.92 Å². The van der Waals surface area contributed by atoms with Gasteiger partial charge in [-0.3, -0.25) is 4.79 Å². The normalized spacial score (nSPS) is 14.1. The molecular formula is C13H17BrFNO2. The van der Waals surface area contributed by atoms with Crippen molar-refractivity contribution in [3.63, 3.8) is 0 Å². The zero-order chi connectivity index (χ0) is 13.7. The number of hydrogen-bond donors (Lipinski definition) is 1. The summed E-state index contributed by atoms with van der Waals surface area (Å²) in [6, 6.07) is 4.70. The topological polar surface area (TPSA) is 38.3 Å². The van der Waals surface area contributed by atoms with Crippen molar-refractivity contribution < 1.29 is 13.9 Å². The molecule has 2 unspecified atom stereocenters. The first-order valence-corrected chi connectivity index (χ1v) is 6.50. The molecule has 0 aliphatic heterocycles. The fourth-order valence-corrected chi connectivity index (χ4v) is 1.93. The minimum absolute atomic E-state index is 0.0872. The van der Waals surface area contributed by atoms with Gasteiger partial charge in [-0.2, -0.15) is 0 Å². The molecule has 0 heterocycles. The summed E-state index contributed by atoms with van der Waals surface area (Å²) in [5, 5.41) is 3.12. The lowest BCUT2D eigenvalue weighted by Crippen LogP contribution is -2.36. The molecule has 2 atom stereocenters. The largest absolute Gasteiger partial charge is 0.469 e. The molecule has 0 aliphatic carbocycles. The van der Waals surface area contributed by atoms with Crippen LogP contribution in [-0.4, -0.2) is 19.1 Å². The molecule has 0 saturated heterocycles. The van der Waals surface area contributed by atoms with Crippen LogP contribution in [0.2, 0.25) is 0 Å². The van der Waals surface area contributed by atoms with E-state index in [0.29, 0.717) is 12.1 Å². The Balaban J connectivity index is 2.59. The second-order valence-corrected chi connectivity index (χ2v) is 5.13. The average molecular weight is 318 g/mol. The highest BCUT2D eigenvalue weighted by molar-refractivity contribution is 9.10. The van der Waals surface area contributed by atoms with E-state index >= 15 is 0 Å². The molecule has 1 rings (SSSR count). The number of benzene rings is 1. The molecule has 0 amide bonds. The van der Waals surface area contributed by atoms with Gasteiger partial charge in [0.25, 0.3) is 0 Å². The summed E-state index contributed by atoms with van der Waals surface area (Å²) in [6.45, 7) is 4.02. The summed E-state index contributed by atoms with van der Waals surface area (Å²) in [5.74, 6) is -0.807. The molecule has 1 aromatic rings. The third-order valence-electron chi connectivity index (χ3n) is 2.95. The summed E-state index contributed by atoms with van der Waals surface area (Å²) in [5.41, 5.74) is 0.563. The van der Waals surface area contributed by atoms with Crippen molar-refractivity contribution in [3.05, 3.63) is 34.1 Å². The molecule has 0 aliphatic rings. The third kappa shape index (κ3) is 4.07. The molecule has 0 radical (unpaired) electrons. The van der Waals surface area contributed by atoms with E-state index < -0.39 is 0 Å². The molecule has 0 fully saturated rings. The fraction of sp³-hybridized carbons (Fsp3) is 0.462. The SMILES string of the molecule is COC(=O)C(C)C(C)NCc1cc(Br)ccc1F. The van der Waals surface area contributed by atoms with Gasteiger partial charge in [0.1, 0.15) is 5.82 Å². The number of carbonyl (C=O) groups is 1. The van der Waals surface area contributed by atoms with E-state index in [1.165, 1.54) is 13.2 Å². The molecule has 1 N–H and O–H groups in total. The van der Waals surface area contributed by atoms with Crippen molar-refractivity contribution in [1.29, 1.82) is 0 Å². The van der Waals surface area contributed by atoms with Crippen LogP contribution in [0.1, 0.15) is 19.4 Å². The highest BCUT2D eigenvalue weighted by Crippen LogP contribution is 2.16. The zero-order valence-electron chi connectivity index (χ0n) is 10.7. The van der Waals surface area contributed by atoms with Crippen molar-refractivity contribution >= 4 is 21.9 Å². The quantitative estimate of drug-likeness (QED) is 0.849. The Morgan fingerprint density at radius 3 is 2.78 bits per heavy atom. The van der Waals surface area contributed by atoms with E-state index in [9.17, 15) is 9.18 Å². The van der Waals surface area contributed by atoms with Gasteiger partial charge in [0.2, 0.25) is 0 Å². The van der Waals surface area contributed by atoms with Crippen LogP contribution in [0.15, 0.2) is 22.7 Å². The minimum Gasteiger partial charge on any atom is -0.469 e. The predicted molar refractivity (Wildman–Crippen MR) is 71.6 cm³/mol. The van der Waals surface area contributed by atoms with Crippen molar-refractivity contribution in [2.24, 2.45) is 5.92 Å². The summed E-state index contributed by atoms with van der Waals surface area (Å²) in [7, 11) is 1.36. The third-order valence-corrected chi connectivity index (χ3v) is 3.44. The summed E-state index contributed by atoms with van der Waals surface area (Å²) < 4.78 is 19.0. The number of ether oxygens (including phenoxy) is 1. The Morgan fingerprint density at radius 1 is 1.50 bits per heavy atom. The standard InChI is InChI=1S/C13H17BrFNO2/c1-8(13(17)18-3)9(2)16-7-10-6-11(14)4-5-12(10)15/h4-6,8-9,16H,7H2,1-3H3. The molecule has 1 aromatic carbocycles. The molecule has 18 heavy (non-hydrogen) atoms. The highest BCUT2D eigenvalue weighted by Gasteiger charge is 2.20. The van der Waals surface area contributed by atoms with Crippen molar-refractivity contribution in [2.45, 2.75) is 26.4 Å². The Hall–Kier alpha value is -0.940. The number of nitrogens with one attached hydrogen (secondary N) is 1. The van der Waals surface area contributed by atoms with E-state index in [0.717, 1.165) is 4.47 Å². The Kier molecular flexibility index (Phi) is 5.75. The van der Waals surface area contributed by atoms with Gasteiger partial charge in [-0.05, 0) is 25.1 Å². The Bertz CT molecular complexity index is 425. The summed E-state index contributed by atoms with van der Waals surface area (Å²) in [4.78, 5) is 11.3. The fourth-order valence-electron chi connectivity index (χ4n) is 1.52. The first-order chi connectivity index (χ1) is 8.45. The van der Waals surface area contributed by atoms with Gasteiger partial charge in [0.15, 0.2) is 0 Å². The summed E-state index contributed by atoms with van der Waals surface area (Å²) in [6.07, 6.45) is 0. The lowest BCUT2D eigenvalue weighted by molar-refractivity contribution is -0.145. The highest BCUT2D eigenvalue weighted by atomic mass is 79.9. The van der Waals surface area contributed by atoms with Gasteiger partial charge >= 0.3 is 5.97 Å². The Labute approximate surface area is 115 Å². The Morgan fingerprint density at radius 2 is 2.17 bits per heavy atom. The van der Waals surface area contributed by atoms with Crippen LogP contribution in [0.25, 0.3) is 0 Å². The number of rotatable bonds is 5. The van der Waals surface area contributed by atoms with E-state index in [-0.39, 0.29) is 23.7 Å². The second kappa shape index (κ2) is 6.85. The van der Waals surface area contributed by atoms with Gasteiger partial charge < -0.3 is 10.1 Å². The van der Waals surface area contributed by atoms with Crippen LogP contribution >= 0.6 is 15.9 Å². The number of hydrogen-bond acceptors (Lipinski definition) is 3. The van der Waals surface area contributed by atoms with Crippen LogP contribution in [0, 0.1) is 11.7 Å². The van der Waals surface area contributed by atoms with E-state index in [4.69, 9.17) is 0 Å². The molecule has 3 nitrogen and oxygen atoms in total. The van der Waals surface area contributed by atoms with Crippen molar-refractivity contribution in [1.82, 2.24) is 5.32 Å². The van der Waals surface area contributed by atoms with Crippen LogP contribution in [0.3, 0.4) is 0 Å². The average Bonchev–Trinajstić information content (AvgIpc) is 2.37. The van der Waals surface area contributed by atoms with Crippen LogP contribution in [0.5, 0.6) is 0 Å². The van der Waals surface area contributed by atoms with Crippen LogP contribution in [-0.2, 0) is 16.1 Å². The van der Waals surface area contributed by atoms with E-state index in [1.54, 1.807) is 19.1 Å². The zero-order valence-corrected chi connectivity index (χ0v) is 12.3. The van der Waals surface area contributed by atoms with Gasteiger partial charge in [-0.15, -0.1) is 0 Å². The molecular weight excluding hydrogens is 301 g/mol. The monoisotopic (exact) mass is 317 g/mol. The maximum Gasteiger partial charge on any atom is 0.309 e. The van der Waals surface area contributed by atoms with Crippen LogP contribution < -0.4 is 5.32 Å². The maximum absolute atomic E-state index is 13.5. The van der Waals surface area contributed by atoms with Gasteiger partial charge in [0.05, 0.1) is 13.0 Å². The van der Waals surface area contributed by atoms with Crippen molar-refractivity contribution in [2.75, 3.05) is 7.11 Å². The lowest BCUT2D eigenvalue weighted by atomic mass is 10.0. The molecule has 100 valence electrons. The van der Waals surface area contributed by atoms with Gasteiger partial charge in [-0.1, -0.05) is 22.9 Å². The maximum atomic E-state index is 13.5. The predicted octanol–water partition coefficient (Wildman–Crippen LogP) is 2.88. The summed E-state index contributed by atoms with van der Waals surface area (Å²) >= 11 is 3.30. The van der Waals surface area contributed by atoms with Gasteiger partial charge in [0, 0.05) is 22.6 Å². The van der Waals surface area contributed by atoms with Gasteiger partial charge in [-0.25, -0.2) is 4.39 Å². The number of carbonyl (C=O) groups excluding carboxylic acids is 1. The molecule has 0 bridgehead atoms. The minimum atomic E-state index is -0.273. The first-order valence-electron chi connectivity index (χ1n) is 5.70. The molecule has 5 heteroatoms. The number of halogens is 2. The lowest BCUT2D eigenvalue weighted by Gasteiger charge is -2.19. The van der Waals surface area contributed by atoms with E-state index in [2.05, 4.69) is 26.0 Å². The molecule has 0 saturated carbocycles. The number of methoxy groups -OCH3 is 1. The van der Waals surface area contributed by atoms with Crippen molar-refractivity contribution in [3.8, 4) is 0 Å². The molecule has 0 aromatic heterocycles. The van der Waals surface area contributed by atoms with Crippen LogP contribution in [0.4, 0.5) is 4.39 Å². The number of esters is 1. The first kappa shape index (κ1) is 15.1. The second-order valence-electron chi connectivity index (χ2n) is 4.22.